The maximum Gasteiger partial charge on any atom is 0.407 e. The molecule has 2 aromatic carbocycles. The van der Waals surface area contributed by atoms with E-state index in [4.69, 9.17) is 4.74 Å². The van der Waals surface area contributed by atoms with Crippen LogP contribution in [0, 0.1) is 0 Å². The molecule has 2 aliphatic rings. The summed E-state index contributed by atoms with van der Waals surface area (Å²) in [7, 11) is 0. The number of carbonyl (C=O) groups is 1. The summed E-state index contributed by atoms with van der Waals surface area (Å²) in [6.07, 6.45) is 0.560. The third kappa shape index (κ3) is 2.90. The average molecular weight is 339 g/mol. The molecule has 4 rings (SSSR count). The fraction of sp³-hybridized carbons (Fsp3) is 0.350. The normalized spacial score (nSPS) is 18.2. The second-order valence-electron chi connectivity index (χ2n) is 6.81. The molecular weight excluding hydrogens is 318 g/mol. The van der Waals surface area contributed by atoms with E-state index in [0.29, 0.717) is 12.8 Å². The van der Waals surface area contributed by atoms with E-state index in [-0.39, 0.29) is 19.1 Å². The highest BCUT2D eigenvalue weighted by molar-refractivity contribution is 5.79. The van der Waals surface area contributed by atoms with Crippen molar-refractivity contribution in [2.24, 2.45) is 0 Å². The van der Waals surface area contributed by atoms with Crippen molar-refractivity contribution in [2.75, 3.05) is 13.2 Å². The largest absolute Gasteiger partial charge is 0.449 e. The van der Waals surface area contributed by atoms with Crippen LogP contribution in [0.2, 0.25) is 0 Å². The van der Waals surface area contributed by atoms with Gasteiger partial charge in [0.05, 0.1) is 18.2 Å². The Balaban J connectivity index is 1.47. The number of ether oxygens (including phenoxy) is 1. The van der Waals surface area contributed by atoms with E-state index < -0.39 is 17.7 Å². The highest BCUT2D eigenvalue weighted by Crippen LogP contribution is 2.44. The summed E-state index contributed by atoms with van der Waals surface area (Å²) in [5.41, 5.74) is 3.66. The molecule has 0 aliphatic heterocycles. The maximum absolute atomic E-state index is 12.1. The van der Waals surface area contributed by atoms with Gasteiger partial charge in [-0.2, -0.15) is 0 Å². The summed E-state index contributed by atoms with van der Waals surface area (Å²) in [5.74, 6) is -0.00487. The standard InChI is InChI=1S/C20H21NO4/c22-11-18(20(24)9-10-20)21-19(23)25-12-17-15-7-3-1-5-13(15)14-6-2-4-8-16(14)17/h1-8,17-18,22,24H,9-12H2,(H,21,23)/t18-/m1/s1. The molecule has 0 aromatic heterocycles. The quantitative estimate of drug-likeness (QED) is 0.782. The van der Waals surface area contributed by atoms with E-state index >= 15 is 0 Å². The predicted molar refractivity (Wildman–Crippen MR) is 93.3 cm³/mol. The van der Waals surface area contributed by atoms with E-state index in [0.717, 1.165) is 11.1 Å². The number of hydrogen-bond acceptors (Lipinski definition) is 4. The van der Waals surface area contributed by atoms with Crippen LogP contribution in [0.1, 0.15) is 29.9 Å². The van der Waals surface area contributed by atoms with Gasteiger partial charge in [-0.25, -0.2) is 4.79 Å². The SMILES string of the molecule is O=C(N[C@H](CO)C1(O)CC1)OCC1c2ccccc2-c2ccccc21. The van der Waals surface area contributed by atoms with Crippen molar-refractivity contribution in [1.29, 1.82) is 0 Å². The minimum atomic E-state index is -0.986. The lowest BCUT2D eigenvalue weighted by Crippen LogP contribution is -2.47. The molecule has 130 valence electrons. The zero-order chi connectivity index (χ0) is 17.4. The molecule has 0 spiro atoms. The van der Waals surface area contributed by atoms with Crippen molar-refractivity contribution in [3.8, 4) is 11.1 Å². The molecule has 1 atom stereocenters. The van der Waals surface area contributed by atoms with Gasteiger partial charge < -0.3 is 20.3 Å². The molecule has 0 unspecified atom stereocenters. The molecule has 1 amide bonds. The van der Waals surface area contributed by atoms with Crippen LogP contribution in [-0.4, -0.2) is 41.2 Å². The van der Waals surface area contributed by atoms with Crippen LogP contribution in [0.15, 0.2) is 48.5 Å². The van der Waals surface area contributed by atoms with Crippen molar-refractivity contribution in [3.05, 3.63) is 59.7 Å². The third-order valence-electron chi connectivity index (χ3n) is 5.23. The van der Waals surface area contributed by atoms with Gasteiger partial charge in [-0.1, -0.05) is 48.5 Å². The summed E-state index contributed by atoms with van der Waals surface area (Å²) in [4.78, 5) is 12.1. The van der Waals surface area contributed by atoms with Crippen molar-refractivity contribution in [1.82, 2.24) is 5.32 Å². The van der Waals surface area contributed by atoms with Crippen LogP contribution in [0.4, 0.5) is 4.79 Å². The Bertz CT molecular complexity index is 754. The summed E-state index contributed by atoms with van der Waals surface area (Å²) < 4.78 is 5.42. The average Bonchev–Trinajstić information content (AvgIpc) is 3.30. The molecule has 2 aromatic rings. The van der Waals surface area contributed by atoms with Crippen molar-refractivity contribution in [2.45, 2.75) is 30.4 Å². The number of fused-ring (bicyclic) bond motifs is 3. The monoisotopic (exact) mass is 339 g/mol. The second kappa shape index (κ2) is 6.17. The van der Waals surface area contributed by atoms with Crippen LogP contribution in [0.3, 0.4) is 0 Å². The highest BCUT2D eigenvalue weighted by Gasteiger charge is 2.48. The first-order valence-electron chi connectivity index (χ1n) is 8.57. The summed E-state index contributed by atoms with van der Waals surface area (Å²) in [6.45, 7) is -0.0862. The number of amides is 1. The van der Waals surface area contributed by atoms with Gasteiger partial charge in [-0.05, 0) is 35.1 Å². The minimum Gasteiger partial charge on any atom is -0.449 e. The highest BCUT2D eigenvalue weighted by atomic mass is 16.5. The molecule has 5 nitrogen and oxygen atoms in total. The fourth-order valence-corrected chi connectivity index (χ4v) is 3.61. The smallest absolute Gasteiger partial charge is 0.407 e. The van der Waals surface area contributed by atoms with E-state index in [1.165, 1.54) is 11.1 Å². The number of nitrogens with one attached hydrogen (secondary N) is 1. The van der Waals surface area contributed by atoms with Gasteiger partial charge in [0.1, 0.15) is 6.61 Å². The van der Waals surface area contributed by atoms with Crippen LogP contribution in [0.5, 0.6) is 0 Å². The number of aliphatic hydroxyl groups excluding tert-OH is 1. The van der Waals surface area contributed by atoms with Crippen molar-refractivity contribution < 1.29 is 19.7 Å². The number of rotatable bonds is 5. The zero-order valence-corrected chi connectivity index (χ0v) is 13.8. The number of hydrogen-bond donors (Lipinski definition) is 3. The van der Waals surface area contributed by atoms with Gasteiger partial charge in [-0.3, -0.25) is 0 Å². The summed E-state index contributed by atoms with van der Waals surface area (Å²) in [5, 5.41) is 22.0. The Kier molecular flexibility index (Phi) is 3.98. The number of carbonyl (C=O) groups excluding carboxylic acids is 1. The van der Waals surface area contributed by atoms with E-state index in [1.54, 1.807) is 0 Å². The first-order valence-corrected chi connectivity index (χ1v) is 8.57. The molecule has 0 bridgehead atoms. The van der Waals surface area contributed by atoms with Crippen LogP contribution < -0.4 is 5.32 Å². The van der Waals surface area contributed by atoms with E-state index in [1.807, 2.05) is 24.3 Å². The van der Waals surface area contributed by atoms with Gasteiger partial charge in [0.2, 0.25) is 0 Å². The molecule has 2 aliphatic carbocycles. The van der Waals surface area contributed by atoms with Crippen molar-refractivity contribution in [3.63, 3.8) is 0 Å². The van der Waals surface area contributed by atoms with Crippen LogP contribution in [0.25, 0.3) is 11.1 Å². The van der Waals surface area contributed by atoms with Crippen LogP contribution in [-0.2, 0) is 4.74 Å². The lowest BCUT2D eigenvalue weighted by atomic mass is 9.98. The second-order valence-corrected chi connectivity index (χ2v) is 6.81. The molecule has 1 fully saturated rings. The molecule has 0 saturated heterocycles. The summed E-state index contributed by atoms with van der Waals surface area (Å²) >= 11 is 0. The Hall–Kier alpha value is -2.37. The Morgan fingerprint density at radius 2 is 1.68 bits per heavy atom. The van der Waals surface area contributed by atoms with Gasteiger partial charge in [0.15, 0.2) is 0 Å². The van der Waals surface area contributed by atoms with Crippen molar-refractivity contribution >= 4 is 6.09 Å². The molecule has 1 saturated carbocycles. The number of benzene rings is 2. The molecule has 25 heavy (non-hydrogen) atoms. The maximum atomic E-state index is 12.1. The minimum absolute atomic E-state index is 0.00487. The van der Waals surface area contributed by atoms with Crippen LogP contribution >= 0.6 is 0 Å². The van der Waals surface area contributed by atoms with Gasteiger partial charge >= 0.3 is 6.09 Å². The van der Waals surface area contributed by atoms with Gasteiger partial charge in [0.25, 0.3) is 0 Å². The molecule has 0 radical (unpaired) electrons. The Labute approximate surface area is 146 Å². The van der Waals surface area contributed by atoms with Gasteiger partial charge in [-0.15, -0.1) is 0 Å². The summed E-state index contributed by atoms with van der Waals surface area (Å²) in [6, 6.07) is 15.6. The zero-order valence-electron chi connectivity index (χ0n) is 13.8. The molecular formula is C20H21NO4. The number of aliphatic hydroxyl groups is 2. The lowest BCUT2D eigenvalue weighted by molar-refractivity contribution is 0.0611. The number of alkyl carbamates (subject to hydrolysis) is 1. The molecule has 3 N–H and O–H groups in total. The Morgan fingerprint density at radius 3 is 2.20 bits per heavy atom. The third-order valence-corrected chi connectivity index (χ3v) is 5.23. The lowest BCUT2D eigenvalue weighted by Gasteiger charge is -2.22. The van der Waals surface area contributed by atoms with Gasteiger partial charge in [0, 0.05) is 5.92 Å². The van der Waals surface area contributed by atoms with E-state index in [9.17, 15) is 15.0 Å². The Morgan fingerprint density at radius 1 is 1.12 bits per heavy atom. The first-order chi connectivity index (χ1) is 12.1. The molecule has 0 heterocycles. The molecule has 5 heteroatoms. The fourth-order valence-electron chi connectivity index (χ4n) is 3.61. The first kappa shape index (κ1) is 16.1. The predicted octanol–water partition coefficient (Wildman–Crippen LogP) is 2.41. The van der Waals surface area contributed by atoms with E-state index in [2.05, 4.69) is 29.6 Å². The topological polar surface area (TPSA) is 78.8 Å².